The highest BCUT2D eigenvalue weighted by Gasteiger charge is 2.07. The van der Waals surface area contributed by atoms with Gasteiger partial charge in [-0.25, -0.2) is 4.98 Å². The molecule has 0 spiro atoms. The molecular weight excluding hydrogens is 210 g/mol. The van der Waals surface area contributed by atoms with Crippen LogP contribution in [0.15, 0.2) is 36.4 Å². The fourth-order valence-electron chi connectivity index (χ4n) is 2.00. The summed E-state index contributed by atoms with van der Waals surface area (Å²) in [5, 5.41) is 0. The second kappa shape index (κ2) is 5.00. The smallest absolute Gasteiger partial charge is 0.213 e. The molecular formula is C15H17NO. The minimum atomic E-state index is 0.642. The second-order valence-corrected chi connectivity index (χ2v) is 4.06. The Labute approximate surface area is 102 Å². The van der Waals surface area contributed by atoms with Crippen molar-refractivity contribution >= 4 is 0 Å². The van der Waals surface area contributed by atoms with Crippen molar-refractivity contribution in [2.24, 2.45) is 0 Å². The number of hydrogen-bond donors (Lipinski definition) is 0. The van der Waals surface area contributed by atoms with Gasteiger partial charge in [0.1, 0.15) is 0 Å². The number of benzene rings is 1. The van der Waals surface area contributed by atoms with E-state index in [-0.39, 0.29) is 0 Å². The van der Waals surface area contributed by atoms with Gasteiger partial charge in [-0.2, -0.15) is 0 Å². The summed E-state index contributed by atoms with van der Waals surface area (Å²) in [6.45, 7) is 6.82. The first-order valence-corrected chi connectivity index (χ1v) is 5.89. The Hall–Kier alpha value is -1.83. The van der Waals surface area contributed by atoms with Crippen LogP contribution in [0.3, 0.4) is 0 Å². The van der Waals surface area contributed by atoms with E-state index >= 15 is 0 Å². The SMILES string of the molecule is CCOc1cccc(-c2c(C)cccc2C)n1. The fraction of sp³-hybridized carbons (Fsp3) is 0.267. The summed E-state index contributed by atoms with van der Waals surface area (Å²) in [6.07, 6.45) is 0. The number of aryl methyl sites for hydroxylation is 2. The van der Waals surface area contributed by atoms with E-state index in [1.807, 2.05) is 25.1 Å². The minimum Gasteiger partial charge on any atom is -0.478 e. The van der Waals surface area contributed by atoms with Crippen molar-refractivity contribution < 1.29 is 4.74 Å². The van der Waals surface area contributed by atoms with Crippen LogP contribution in [-0.2, 0) is 0 Å². The Morgan fingerprint density at radius 1 is 1.00 bits per heavy atom. The topological polar surface area (TPSA) is 22.1 Å². The summed E-state index contributed by atoms with van der Waals surface area (Å²) in [4.78, 5) is 4.53. The summed E-state index contributed by atoms with van der Waals surface area (Å²) in [5.74, 6) is 0.688. The number of rotatable bonds is 3. The maximum atomic E-state index is 5.44. The van der Waals surface area contributed by atoms with Crippen molar-refractivity contribution in [3.8, 4) is 17.1 Å². The van der Waals surface area contributed by atoms with E-state index in [2.05, 4.69) is 37.0 Å². The van der Waals surface area contributed by atoms with Crippen LogP contribution in [0.2, 0.25) is 0 Å². The summed E-state index contributed by atoms with van der Waals surface area (Å²) in [5.41, 5.74) is 4.66. The summed E-state index contributed by atoms with van der Waals surface area (Å²) in [7, 11) is 0. The van der Waals surface area contributed by atoms with Gasteiger partial charge in [-0.15, -0.1) is 0 Å². The van der Waals surface area contributed by atoms with E-state index in [1.165, 1.54) is 16.7 Å². The highest BCUT2D eigenvalue weighted by atomic mass is 16.5. The van der Waals surface area contributed by atoms with Crippen molar-refractivity contribution in [2.45, 2.75) is 20.8 Å². The first-order chi connectivity index (χ1) is 8.22. The third kappa shape index (κ3) is 2.47. The highest BCUT2D eigenvalue weighted by molar-refractivity contribution is 5.67. The zero-order chi connectivity index (χ0) is 12.3. The molecule has 0 aliphatic rings. The molecule has 2 heteroatoms. The Morgan fingerprint density at radius 3 is 2.29 bits per heavy atom. The predicted molar refractivity (Wildman–Crippen MR) is 70.3 cm³/mol. The van der Waals surface area contributed by atoms with E-state index < -0.39 is 0 Å². The lowest BCUT2D eigenvalue weighted by atomic mass is 10.00. The van der Waals surface area contributed by atoms with Crippen LogP contribution in [0.1, 0.15) is 18.1 Å². The molecule has 0 radical (unpaired) electrons. The van der Waals surface area contributed by atoms with Gasteiger partial charge in [0.15, 0.2) is 0 Å². The Balaban J connectivity index is 2.49. The lowest BCUT2D eigenvalue weighted by molar-refractivity contribution is 0.327. The number of aromatic nitrogens is 1. The highest BCUT2D eigenvalue weighted by Crippen LogP contribution is 2.26. The minimum absolute atomic E-state index is 0.642. The normalized spacial score (nSPS) is 10.3. The number of hydrogen-bond acceptors (Lipinski definition) is 2. The van der Waals surface area contributed by atoms with Gasteiger partial charge in [0, 0.05) is 11.6 Å². The van der Waals surface area contributed by atoms with E-state index in [9.17, 15) is 0 Å². The van der Waals surface area contributed by atoms with Gasteiger partial charge >= 0.3 is 0 Å². The quantitative estimate of drug-likeness (QED) is 0.796. The average molecular weight is 227 g/mol. The second-order valence-electron chi connectivity index (χ2n) is 4.06. The molecule has 0 aliphatic heterocycles. The third-order valence-corrected chi connectivity index (χ3v) is 2.75. The molecule has 0 unspecified atom stereocenters. The van der Waals surface area contributed by atoms with E-state index in [0.717, 1.165) is 5.69 Å². The molecule has 1 aromatic carbocycles. The fourth-order valence-corrected chi connectivity index (χ4v) is 2.00. The molecule has 17 heavy (non-hydrogen) atoms. The van der Waals surface area contributed by atoms with E-state index in [4.69, 9.17) is 4.74 Å². The maximum Gasteiger partial charge on any atom is 0.213 e. The maximum absolute atomic E-state index is 5.44. The molecule has 0 N–H and O–H groups in total. The zero-order valence-corrected chi connectivity index (χ0v) is 10.5. The van der Waals surface area contributed by atoms with Gasteiger partial charge in [-0.3, -0.25) is 0 Å². The van der Waals surface area contributed by atoms with Crippen LogP contribution >= 0.6 is 0 Å². The van der Waals surface area contributed by atoms with Crippen LogP contribution in [0.5, 0.6) is 5.88 Å². The molecule has 2 rings (SSSR count). The van der Waals surface area contributed by atoms with Crippen LogP contribution in [0, 0.1) is 13.8 Å². The van der Waals surface area contributed by atoms with Gasteiger partial charge in [-0.1, -0.05) is 24.3 Å². The van der Waals surface area contributed by atoms with Crippen LogP contribution in [0.25, 0.3) is 11.3 Å². The Bertz CT molecular complexity index is 500. The molecule has 0 saturated heterocycles. The molecule has 0 amide bonds. The first-order valence-electron chi connectivity index (χ1n) is 5.89. The van der Waals surface area contributed by atoms with Gasteiger partial charge in [0.05, 0.1) is 12.3 Å². The van der Waals surface area contributed by atoms with Crippen molar-refractivity contribution in [2.75, 3.05) is 6.61 Å². The molecule has 1 heterocycles. The molecule has 2 aromatic rings. The van der Waals surface area contributed by atoms with E-state index in [1.54, 1.807) is 0 Å². The molecule has 0 atom stereocenters. The molecule has 1 aromatic heterocycles. The largest absolute Gasteiger partial charge is 0.478 e. The van der Waals surface area contributed by atoms with Crippen LogP contribution < -0.4 is 4.74 Å². The van der Waals surface area contributed by atoms with Crippen molar-refractivity contribution in [1.82, 2.24) is 4.98 Å². The monoisotopic (exact) mass is 227 g/mol. The van der Waals surface area contributed by atoms with Gasteiger partial charge in [0.25, 0.3) is 0 Å². The molecule has 88 valence electrons. The number of pyridine rings is 1. The van der Waals surface area contributed by atoms with E-state index in [0.29, 0.717) is 12.5 Å². The van der Waals surface area contributed by atoms with Crippen molar-refractivity contribution in [3.63, 3.8) is 0 Å². The number of nitrogens with zero attached hydrogens (tertiary/aromatic N) is 1. The molecule has 0 aliphatic carbocycles. The molecule has 0 fully saturated rings. The molecule has 0 saturated carbocycles. The molecule has 0 bridgehead atoms. The summed E-state index contributed by atoms with van der Waals surface area (Å²) < 4.78 is 5.44. The lowest BCUT2D eigenvalue weighted by Gasteiger charge is -2.10. The standard InChI is InChI=1S/C15H17NO/c1-4-17-14-10-6-9-13(16-14)15-11(2)7-5-8-12(15)3/h5-10H,4H2,1-3H3. The van der Waals surface area contributed by atoms with Gasteiger partial charge in [-0.05, 0) is 38.0 Å². The van der Waals surface area contributed by atoms with Crippen LogP contribution in [0.4, 0.5) is 0 Å². The van der Waals surface area contributed by atoms with Crippen molar-refractivity contribution in [1.29, 1.82) is 0 Å². The zero-order valence-electron chi connectivity index (χ0n) is 10.5. The number of ether oxygens (including phenoxy) is 1. The molecule has 2 nitrogen and oxygen atoms in total. The Kier molecular flexibility index (Phi) is 3.43. The first kappa shape index (κ1) is 11.6. The summed E-state index contributed by atoms with van der Waals surface area (Å²) in [6, 6.07) is 12.2. The lowest BCUT2D eigenvalue weighted by Crippen LogP contribution is -1.96. The Morgan fingerprint density at radius 2 is 1.65 bits per heavy atom. The van der Waals surface area contributed by atoms with Gasteiger partial charge in [0.2, 0.25) is 5.88 Å². The average Bonchev–Trinajstić information content (AvgIpc) is 2.30. The van der Waals surface area contributed by atoms with Crippen LogP contribution in [-0.4, -0.2) is 11.6 Å². The van der Waals surface area contributed by atoms with Gasteiger partial charge < -0.3 is 4.74 Å². The summed E-state index contributed by atoms with van der Waals surface area (Å²) >= 11 is 0. The van der Waals surface area contributed by atoms with Crippen molar-refractivity contribution in [3.05, 3.63) is 47.5 Å². The predicted octanol–water partition coefficient (Wildman–Crippen LogP) is 3.76. The third-order valence-electron chi connectivity index (χ3n) is 2.75.